The Hall–Kier alpha value is -1.20. The fourth-order valence-electron chi connectivity index (χ4n) is 2.02. The maximum atomic E-state index is 12.4. The van der Waals surface area contributed by atoms with Crippen molar-refractivity contribution in [1.82, 2.24) is 5.32 Å². The molecule has 19 heavy (non-hydrogen) atoms. The fraction of sp³-hybridized carbons (Fsp3) is 0.385. The predicted octanol–water partition coefficient (Wildman–Crippen LogP) is 2.38. The van der Waals surface area contributed by atoms with Gasteiger partial charge in [-0.3, -0.25) is 9.79 Å². The van der Waals surface area contributed by atoms with Gasteiger partial charge in [-0.25, -0.2) is 0 Å². The number of amides is 1. The van der Waals surface area contributed by atoms with Crippen LogP contribution in [0.15, 0.2) is 29.3 Å². The van der Waals surface area contributed by atoms with Crippen molar-refractivity contribution < 1.29 is 4.79 Å². The second-order valence-electron chi connectivity index (χ2n) is 4.14. The van der Waals surface area contributed by atoms with Crippen LogP contribution in [0.5, 0.6) is 0 Å². The van der Waals surface area contributed by atoms with Crippen molar-refractivity contribution in [2.75, 3.05) is 25.5 Å². The molecule has 1 amide bonds. The molecule has 6 heteroatoms. The van der Waals surface area contributed by atoms with Gasteiger partial charge >= 0.3 is 0 Å². The molecular formula is C13H16ClN3OS. The molecule has 1 heterocycles. The molecule has 2 rings (SSSR count). The summed E-state index contributed by atoms with van der Waals surface area (Å²) in [4.78, 5) is 18.2. The second kappa shape index (κ2) is 6.30. The van der Waals surface area contributed by atoms with Gasteiger partial charge in [0.25, 0.3) is 0 Å². The van der Waals surface area contributed by atoms with Crippen molar-refractivity contribution >= 4 is 40.1 Å². The molecule has 1 atom stereocenters. The predicted molar refractivity (Wildman–Crippen MR) is 82.2 cm³/mol. The van der Waals surface area contributed by atoms with E-state index in [1.54, 1.807) is 18.0 Å². The summed E-state index contributed by atoms with van der Waals surface area (Å²) in [7, 11) is 3.52. The van der Waals surface area contributed by atoms with E-state index in [2.05, 4.69) is 10.3 Å². The van der Waals surface area contributed by atoms with Crippen LogP contribution in [-0.2, 0) is 4.79 Å². The normalized spacial score (nSPS) is 19.9. The van der Waals surface area contributed by atoms with Gasteiger partial charge in [0.15, 0.2) is 5.17 Å². The summed E-state index contributed by atoms with van der Waals surface area (Å²) < 4.78 is 0. The molecule has 1 aromatic rings. The summed E-state index contributed by atoms with van der Waals surface area (Å²) in [5.41, 5.74) is 0.861. The Morgan fingerprint density at radius 1 is 1.58 bits per heavy atom. The van der Waals surface area contributed by atoms with Gasteiger partial charge in [-0.15, -0.1) is 0 Å². The molecule has 0 aliphatic carbocycles. The standard InChI is InChI=1S/C13H16ClN3OS/c1-15-13(16-2)19-11-6-7-17(12(11)18)10-5-3-4-9(14)8-10/h3-5,8,11H,6-7H2,1-2H3,(H,15,16)/t11-/m0/s1. The summed E-state index contributed by atoms with van der Waals surface area (Å²) in [6, 6.07) is 7.39. The van der Waals surface area contributed by atoms with Crippen LogP contribution in [0, 0.1) is 0 Å². The topological polar surface area (TPSA) is 44.7 Å². The zero-order valence-corrected chi connectivity index (χ0v) is 12.5. The van der Waals surface area contributed by atoms with E-state index in [-0.39, 0.29) is 11.2 Å². The van der Waals surface area contributed by atoms with Gasteiger partial charge in [0.1, 0.15) is 0 Å². The third-order valence-corrected chi connectivity index (χ3v) is 4.51. The monoisotopic (exact) mass is 297 g/mol. The molecule has 0 aromatic heterocycles. The Balaban J connectivity index is 2.10. The van der Waals surface area contributed by atoms with E-state index < -0.39 is 0 Å². The molecule has 1 aromatic carbocycles. The number of nitrogens with zero attached hydrogens (tertiary/aromatic N) is 2. The molecule has 0 saturated carbocycles. The second-order valence-corrected chi connectivity index (χ2v) is 5.77. The highest BCUT2D eigenvalue weighted by Gasteiger charge is 2.33. The lowest BCUT2D eigenvalue weighted by Crippen LogP contribution is -2.29. The highest BCUT2D eigenvalue weighted by Crippen LogP contribution is 2.30. The van der Waals surface area contributed by atoms with E-state index in [0.29, 0.717) is 5.02 Å². The fourth-order valence-corrected chi connectivity index (χ4v) is 3.15. The van der Waals surface area contributed by atoms with Crippen LogP contribution in [-0.4, -0.2) is 37.0 Å². The van der Waals surface area contributed by atoms with Crippen LogP contribution in [0.4, 0.5) is 5.69 Å². The van der Waals surface area contributed by atoms with Gasteiger partial charge in [0.05, 0.1) is 5.25 Å². The number of carbonyl (C=O) groups is 1. The van der Waals surface area contributed by atoms with E-state index in [1.165, 1.54) is 11.8 Å². The quantitative estimate of drug-likeness (QED) is 0.673. The van der Waals surface area contributed by atoms with Gasteiger partial charge in [-0.1, -0.05) is 29.4 Å². The number of hydrogen-bond acceptors (Lipinski definition) is 3. The van der Waals surface area contributed by atoms with Crippen molar-refractivity contribution in [2.45, 2.75) is 11.7 Å². The van der Waals surface area contributed by atoms with Crippen molar-refractivity contribution in [3.8, 4) is 0 Å². The number of halogens is 1. The highest BCUT2D eigenvalue weighted by atomic mass is 35.5. The molecule has 1 aliphatic rings. The minimum Gasteiger partial charge on any atom is -0.368 e. The Kier molecular flexibility index (Phi) is 4.71. The smallest absolute Gasteiger partial charge is 0.240 e. The van der Waals surface area contributed by atoms with E-state index >= 15 is 0 Å². The van der Waals surface area contributed by atoms with Gasteiger partial charge in [0, 0.05) is 31.4 Å². The number of amidine groups is 1. The summed E-state index contributed by atoms with van der Waals surface area (Å²) in [6.07, 6.45) is 0.816. The molecule has 0 bridgehead atoms. The lowest BCUT2D eigenvalue weighted by molar-refractivity contribution is -0.116. The van der Waals surface area contributed by atoms with Gasteiger partial charge in [-0.2, -0.15) is 0 Å². The largest absolute Gasteiger partial charge is 0.368 e. The summed E-state index contributed by atoms with van der Waals surface area (Å²) in [5.74, 6) is 0.115. The first-order chi connectivity index (χ1) is 9.15. The Morgan fingerprint density at radius 3 is 3.00 bits per heavy atom. The number of thioether (sulfide) groups is 1. The molecular weight excluding hydrogens is 282 g/mol. The van der Waals surface area contributed by atoms with Crippen LogP contribution in [0.1, 0.15) is 6.42 Å². The highest BCUT2D eigenvalue weighted by molar-refractivity contribution is 8.14. The number of anilines is 1. The van der Waals surface area contributed by atoms with E-state index in [1.807, 2.05) is 25.2 Å². The molecule has 0 unspecified atom stereocenters. The van der Waals surface area contributed by atoms with Crippen molar-refractivity contribution in [2.24, 2.45) is 4.99 Å². The molecule has 1 aliphatic heterocycles. The lowest BCUT2D eigenvalue weighted by Gasteiger charge is -2.17. The average molecular weight is 298 g/mol. The zero-order valence-electron chi connectivity index (χ0n) is 10.9. The maximum absolute atomic E-state index is 12.4. The van der Waals surface area contributed by atoms with Crippen molar-refractivity contribution in [1.29, 1.82) is 0 Å². The van der Waals surface area contributed by atoms with Crippen LogP contribution in [0.25, 0.3) is 0 Å². The lowest BCUT2D eigenvalue weighted by atomic mass is 10.3. The van der Waals surface area contributed by atoms with Crippen LogP contribution in [0.3, 0.4) is 0 Å². The molecule has 0 radical (unpaired) electrons. The van der Waals surface area contributed by atoms with E-state index in [4.69, 9.17) is 11.6 Å². The van der Waals surface area contributed by atoms with Gasteiger partial charge in [-0.05, 0) is 24.6 Å². The number of nitrogens with one attached hydrogen (secondary N) is 1. The summed E-state index contributed by atoms with van der Waals surface area (Å²) in [5, 5.41) is 4.33. The zero-order chi connectivity index (χ0) is 13.8. The Labute approximate surface area is 122 Å². The number of rotatable bonds is 2. The number of carbonyl (C=O) groups excluding carboxylic acids is 1. The van der Waals surface area contributed by atoms with E-state index in [9.17, 15) is 4.79 Å². The van der Waals surface area contributed by atoms with Crippen LogP contribution < -0.4 is 10.2 Å². The van der Waals surface area contributed by atoms with E-state index in [0.717, 1.165) is 23.8 Å². The summed E-state index contributed by atoms with van der Waals surface area (Å²) in [6.45, 7) is 0.720. The Bertz CT molecular complexity index is 506. The molecule has 1 saturated heterocycles. The number of hydrogen-bond donors (Lipinski definition) is 1. The third kappa shape index (κ3) is 3.22. The average Bonchev–Trinajstić information content (AvgIpc) is 2.77. The minimum absolute atomic E-state index is 0.0786. The van der Waals surface area contributed by atoms with Crippen molar-refractivity contribution in [3.63, 3.8) is 0 Å². The van der Waals surface area contributed by atoms with Crippen molar-refractivity contribution in [3.05, 3.63) is 29.3 Å². The van der Waals surface area contributed by atoms with Gasteiger partial charge < -0.3 is 10.2 Å². The summed E-state index contributed by atoms with van der Waals surface area (Å²) >= 11 is 7.44. The molecule has 1 fully saturated rings. The first kappa shape index (κ1) is 14.2. The third-order valence-electron chi connectivity index (χ3n) is 2.95. The van der Waals surface area contributed by atoms with Crippen LogP contribution >= 0.6 is 23.4 Å². The molecule has 0 spiro atoms. The Morgan fingerprint density at radius 2 is 2.37 bits per heavy atom. The molecule has 4 nitrogen and oxygen atoms in total. The first-order valence-corrected chi connectivity index (χ1v) is 7.29. The SMILES string of the molecule is CN=C(NC)S[C@H]1CCN(c2cccc(Cl)c2)C1=O. The molecule has 1 N–H and O–H groups in total. The first-order valence-electron chi connectivity index (χ1n) is 6.04. The number of benzene rings is 1. The van der Waals surface area contributed by atoms with Gasteiger partial charge in [0.2, 0.25) is 5.91 Å². The maximum Gasteiger partial charge on any atom is 0.240 e. The van der Waals surface area contributed by atoms with Crippen LogP contribution in [0.2, 0.25) is 5.02 Å². The minimum atomic E-state index is -0.0786. The molecule has 102 valence electrons. The number of aliphatic imine (C=N–C) groups is 1.